The summed E-state index contributed by atoms with van der Waals surface area (Å²) in [6.45, 7) is 0. The molecule has 0 fully saturated rings. The molecule has 0 saturated carbocycles. The third-order valence-corrected chi connectivity index (χ3v) is 3.63. The van der Waals surface area contributed by atoms with Gasteiger partial charge in [0.25, 0.3) is 5.91 Å². The van der Waals surface area contributed by atoms with E-state index in [-0.39, 0.29) is 5.91 Å². The summed E-state index contributed by atoms with van der Waals surface area (Å²) in [4.78, 5) is 12.0. The molecule has 0 aliphatic rings. The van der Waals surface area contributed by atoms with Gasteiger partial charge in [-0.1, -0.05) is 43.5 Å². The average molecular weight is 389 g/mol. The van der Waals surface area contributed by atoms with E-state index in [2.05, 4.69) is 37.2 Å². The maximum atomic E-state index is 12.0. The Morgan fingerprint density at radius 2 is 1.61 bits per heavy atom. The van der Waals surface area contributed by atoms with Crippen molar-refractivity contribution in [2.75, 3.05) is 5.32 Å². The Morgan fingerprint density at radius 3 is 2.28 bits per heavy atom. The largest absolute Gasteiger partial charge is 0.321 e. The Balaban J connectivity index is 2.21. The molecule has 0 atom stereocenters. The molecular formula is C13H8Br2ClNO. The van der Waals surface area contributed by atoms with Crippen LogP contribution in [0.2, 0.25) is 5.02 Å². The van der Waals surface area contributed by atoms with Crippen LogP contribution in [0.5, 0.6) is 0 Å². The zero-order valence-electron chi connectivity index (χ0n) is 9.08. The molecule has 1 N–H and O–H groups in total. The molecule has 2 aromatic carbocycles. The Morgan fingerprint density at radius 1 is 1.00 bits per heavy atom. The molecule has 0 aliphatic carbocycles. The van der Waals surface area contributed by atoms with Gasteiger partial charge >= 0.3 is 0 Å². The summed E-state index contributed by atoms with van der Waals surface area (Å²) in [5.74, 6) is -0.192. The maximum Gasteiger partial charge on any atom is 0.255 e. The van der Waals surface area contributed by atoms with Crippen LogP contribution in [0, 0.1) is 0 Å². The molecule has 0 unspecified atom stereocenters. The molecule has 0 aliphatic heterocycles. The number of anilines is 1. The molecule has 0 radical (unpaired) electrons. The summed E-state index contributed by atoms with van der Waals surface area (Å²) in [6.07, 6.45) is 0. The summed E-state index contributed by atoms with van der Waals surface area (Å²) in [5.41, 5.74) is 1.16. The summed E-state index contributed by atoms with van der Waals surface area (Å²) in [5, 5.41) is 3.27. The SMILES string of the molecule is O=C(Nc1cc(Br)ccc1Cl)c1ccc(Br)cc1. The third kappa shape index (κ3) is 3.34. The van der Waals surface area contributed by atoms with Gasteiger partial charge in [-0.15, -0.1) is 0 Å². The van der Waals surface area contributed by atoms with Gasteiger partial charge in [-0.05, 0) is 42.5 Å². The number of amides is 1. The molecule has 1 amide bonds. The van der Waals surface area contributed by atoms with Crippen molar-refractivity contribution in [2.24, 2.45) is 0 Å². The van der Waals surface area contributed by atoms with Crippen molar-refractivity contribution in [3.63, 3.8) is 0 Å². The van der Waals surface area contributed by atoms with E-state index in [1.54, 1.807) is 24.3 Å². The molecule has 2 rings (SSSR count). The van der Waals surface area contributed by atoms with Gasteiger partial charge in [0.1, 0.15) is 0 Å². The molecule has 5 heteroatoms. The van der Waals surface area contributed by atoms with Crippen LogP contribution in [0.4, 0.5) is 5.69 Å². The van der Waals surface area contributed by atoms with Crippen LogP contribution in [-0.2, 0) is 0 Å². The second-order valence-corrected chi connectivity index (χ2v) is 5.82. The van der Waals surface area contributed by atoms with Gasteiger partial charge in [0, 0.05) is 14.5 Å². The Labute approximate surface area is 127 Å². The minimum absolute atomic E-state index is 0.192. The normalized spacial score (nSPS) is 10.2. The number of halogens is 3. The highest BCUT2D eigenvalue weighted by Gasteiger charge is 2.08. The lowest BCUT2D eigenvalue weighted by atomic mass is 10.2. The first-order chi connectivity index (χ1) is 8.56. The zero-order chi connectivity index (χ0) is 13.1. The second-order valence-electron chi connectivity index (χ2n) is 3.59. The molecule has 2 aromatic rings. The number of hydrogen-bond donors (Lipinski definition) is 1. The number of hydrogen-bond acceptors (Lipinski definition) is 1. The van der Waals surface area contributed by atoms with Crippen LogP contribution in [0.1, 0.15) is 10.4 Å². The van der Waals surface area contributed by atoms with Gasteiger partial charge in [-0.25, -0.2) is 0 Å². The molecular weight excluding hydrogens is 381 g/mol. The van der Waals surface area contributed by atoms with Crippen molar-refractivity contribution < 1.29 is 4.79 Å². The van der Waals surface area contributed by atoms with E-state index in [0.29, 0.717) is 16.3 Å². The van der Waals surface area contributed by atoms with Crippen molar-refractivity contribution in [3.05, 3.63) is 62.0 Å². The minimum atomic E-state index is -0.192. The number of rotatable bonds is 2. The summed E-state index contributed by atoms with van der Waals surface area (Å²) in [7, 11) is 0. The molecule has 0 spiro atoms. The van der Waals surface area contributed by atoms with E-state index in [9.17, 15) is 4.79 Å². The summed E-state index contributed by atoms with van der Waals surface area (Å²) in [6, 6.07) is 12.4. The molecule has 0 bridgehead atoms. The number of carbonyl (C=O) groups excluding carboxylic acids is 1. The highest BCUT2D eigenvalue weighted by molar-refractivity contribution is 9.10. The maximum absolute atomic E-state index is 12.0. The molecule has 2 nitrogen and oxygen atoms in total. The zero-order valence-corrected chi connectivity index (χ0v) is 13.0. The van der Waals surface area contributed by atoms with Crippen molar-refractivity contribution >= 4 is 55.1 Å². The quantitative estimate of drug-likeness (QED) is 0.759. The number of benzene rings is 2. The van der Waals surface area contributed by atoms with E-state index in [1.807, 2.05) is 18.2 Å². The predicted molar refractivity (Wildman–Crippen MR) is 81.2 cm³/mol. The van der Waals surface area contributed by atoms with Crippen molar-refractivity contribution in [2.45, 2.75) is 0 Å². The first-order valence-electron chi connectivity index (χ1n) is 5.08. The molecule has 0 saturated heterocycles. The van der Waals surface area contributed by atoms with E-state index < -0.39 is 0 Å². The predicted octanol–water partition coefficient (Wildman–Crippen LogP) is 5.12. The number of nitrogens with one attached hydrogen (secondary N) is 1. The fourth-order valence-corrected chi connectivity index (χ4v) is 2.18. The minimum Gasteiger partial charge on any atom is -0.321 e. The first kappa shape index (κ1) is 13.6. The van der Waals surface area contributed by atoms with Crippen LogP contribution in [0.3, 0.4) is 0 Å². The first-order valence-corrected chi connectivity index (χ1v) is 7.04. The average Bonchev–Trinajstić information content (AvgIpc) is 2.34. The standard InChI is InChI=1S/C13H8Br2ClNO/c14-9-3-1-8(2-4-9)13(18)17-12-7-10(15)5-6-11(12)16/h1-7H,(H,17,18). The van der Waals surface area contributed by atoms with Gasteiger partial charge in [0.2, 0.25) is 0 Å². The van der Waals surface area contributed by atoms with Crippen molar-refractivity contribution in [1.82, 2.24) is 0 Å². The van der Waals surface area contributed by atoms with Crippen LogP contribution < -0.4 is 5.32 Å². The van der Waals surface area contributed by atoms with Crippen LogP contribution in [0.15, 0.2) is 51.4 Å². The van der Waals surface area contributed by atoms with Crippen LogP contribution in [0.25, 0.3) is 0 Å². The Hall–Kier alpha value is -0.840. The molecule has 0 aromatic heterocycles. The van der Waals surface area contributed by atoms with E-state index in [4.69, 9.17) is 11.6 Å². The lowest BCUT2D eigenvalue weighted by Crippen LogP contribution is -2.12. The molecule has 0 heterocycles. The van der Waals surface area contributed by atoms with Gasteiger partial charge in [-0.2, -0.15) is 0 Å². The summed E-state index contributed by atoms with van der Waals surface area (Å²) < 4.78 is 1.79. The van der Waals surface area contributed by atoms with E-state index in [0.717, 1.165) is 8.95 Å². The molecule has 92 valence electrons. The Bertz CT molecular complexity index is 584. The van der Waals surface area contributed by atoms with Crippen molar-refractivity contribution in [3.8, 4) is 0 Å². The lowest BCUT2D eigenvalue weighted by molar-refractivity contribution is 0.102. The smallest absolute Gasteiger partial charge is 0.255 e. The summed E-state index contributed by atoms with van der Waals surface area (Å²) >= 11 is 12.7. The monoisotopic (exact) mass is 387 g/mol. The fraction of sp³-hybridized carbons (Fsp3) is 0. The second kappa shape index (κ2) is 5.87. The van der Waals surface area contributed by atoms with E-state index >= 15 is 0 Å². The van der Waals surface area contributed by atoms with E-state index in [1.165, 1.54) is 0 Å². The number of carbonyl (C=O) groups is 1. The van der Waals surface area contributed by atoms with Crippen LogP contribution in [-0.4, -0.2) is 5.91 Å². The van der Waals surface area contributed by atoms with Gasteiger partial charge in [0.05, 0.1) is 10.7 Å². The van der Waals surface area contributed by atoms with Crippen LogP contribution >= 0.6 is 43.5 Å². The van der Waals surface area contributed by atoms with Gasteiger partial charge in [-0.3, -0.25) is 4.79 Å². The molecule has 18 heavy (non-hydrogen) atoms. The third-order valence-electron chi connectivity index (χ3n) is 2.28. The highest BCUT2D eigenvalue weighted by atomic mass is 79.9. The lowest BCUT2D eigenvalue weighted by Gasteiger charge is -2.07. The highest BCUT2D eigenvalue weighted by Crippen LogP contribution is 2.26. The Kier molecular flexibility index (Phi) is 4.43. The fourth-order valence-electron chi connectivity index (χ4n) is 1.39. The van der Waals surface area contributed by atoms with Crippen molar-refractivity contribution in [1.29, 1.82) is 0 Å². The van der Waals surface area contributed by atoms with Gasteiger partial charge < -0.3 is 5.32 Å². The topological polar surface area (TPSA) is 29.1 Å². The van der Waals surface area contributed by atoms with Gasteiger partial charge in [0.15, 0.2) is 0 Å².